The minimum absolute atomic E-state index is 0.613. The standard InChI is InChI=1S/C13H11ClN4/c1-18-11-7-8(14)4-5-10(11)17-13(18)12-9(15)3-2-6-16-12/h2-7H,15H2,1H3. The summed E-state index contributed by atoms with van der Waals surface area (Å²) in [5.41, 5.74) is 9.07. The fourth-order valence-electron chi connectivity index (χ4n) is 1.98. The van der Waals surface area contributed by atoms with Crippen LogP contribution in [-0.4, -0.2) is 14.5 Å². The molecule has 0 atom stereocenters. The number of fused-ring (bicyclic) bond motifs is 1. The summed E-state index contributed by atoms with van der Waals surface area (Å²) in [5.74, 6) is 0.741. The van der Waals surface area contributed by atoms with Gasteiger partial charge in [0, 0.05) is 18.3 Å². The number of hydrogen-bond acceptors (Lipinski definition) is 3. The Bertz CT molecular complexity index is 733. The van der Waals surface area contributed by atoms with Crippen molar-refractivity contribution >= 4 is 28.3 Å². The van der Waals surface area contributed by atoms with Crippen LogP contribution in [0.4, 0.5) is 5.69 Å². The van der Waals surface area contributed by atoms with Crippen LogP contribution in [0, 0.1) is 0 Å². The highest BCUT2D eigenvalue weighted by Gasteiger charge is 2.13. The van der Waals surface area contributed by atoms with Crippen molar-refractivity contribution in [3.63, 3.8) is 0 Å². The predicted molar refractivity (Wildman–Crippen MR) is 73.4 cm³/mol. The van der Waals surface area contributed by atoms with Gasteiger partial charge in [-0.15, -0.1) is 0 Å². The summed E-state index contributed by atoms with van der Waals surface area (Å²) < 4.78 is 1.94. The van der Waals surface area contributed by atoms with Crippen LogP contribution in [-0.2, 0) is 7.05 Å². The molecule has 0 spiro atoms. The first-order valence-electron chi connectivity index (χ1n) is 5.49. The minimum Gasteiger partial charge on any atom is -0.397 e. The number of anilines is 1. The number of nitrogens with two attached hydrogens (primary N) is 1. The van der Waals surface area contributed by atoms with E-state index in [4.69, 9.17) is 17.3 Å². The number of aromatic nitrogens is 3. The summed E-state index contributed by atoms with van der Waals surface area (Å²) in [4.78, 5) is 8.83. The van der Waals surface area contributed by atoms with Gasteiger partial charge in [0.15, 0.2) is 5.82 Å². The lowest BCUT2D eigenvalue weighted by Crippen LogP contribution is -1.98. The van der Waals surface area contributed by atoms with Crippen LogP contribution in [0.2, 0.25) is 5.02 Å². The molecule has 0 fully saturated rings. The van der Waals surface area contributed by atoms with Crippen LogP contribution in [0.1, 0.15) is 0 Å². The van der Waals surface area contributed by atoms with Crippen LogP contribution in [0.25, 0.3) is 22.6 Å². The zero-order valence-corrected chi connectivity index (χ0v) is 10.5. The first-order valence-corrected chi connectivity index (χ1v) is 5.87. The van der Waals surface area contributed by atoms with Crippen molar-refractivity contribution in [1.29, 1.82) is 0 Å². The molecule has 90 valence electrons. The maximum absolute atomic E-state index is 6.00. The van der Waals surface area contributed by atoms with E-state index in [1.165, 1.54) is 0 Å². The quantitative estimate of drug-likeness (QED) is 0.730. The molecule has 5 heteroatoms. The van der Waals surface area contributed by atoms with Crippen molar-refractivity contribution < 1.29 is 0 Å². The van der Waals surface area contributed by atoms with Crippen LogP contribution < -0.4 is 5.73 Å². The van der Waals surface area contributed by atoms with Crippen molar-refractivity contribution in [3.8, 4) is 11.5 Å². The summed E-state index contributed by atoms with van der Waals surface area (Å²) in [6.45, 7) is 0. The molecule has 4 nitrogen and oxygen atoms in total. The second kappa shape index (κ2) is 3.99. The van der Waals surface area contributed by atoms with Gasteiger partial charge in [-0.25, -0.2) is 4.98 Å². The molecule has 18 heavy (non-hydrogen) atoms. The Labute approximate surface area is 109 Å². The van der Waals surface area contributed by atoms with Crippen molar-refractivity contribution in [3.05, 3.63) is 41.6 Å². The molecule has 0 saturated carbocycles. The zero-order valence-electron chi connectivity index (χ0n) is 9.76. The second-order valence-electron chi connectivity index (χ2n) is 4.07. The lowest BCUT2D eigenvalue weighted by molar-refractivity contribution is 0.951. The molecule has 0 aliphatic rings. The number of benzene rings is 1. The first kappa shape index (κ1) is 11.0. The Morgan fingerprint density at radius 1 is 1.28 bits per heavy atom. The van der Waals surface area contributed by atoms with E-state index in [9.17, 15) is 0 Å². The van der Waals surface area contributed by atoms with Crippen molar-refractivity contribution in [2.24, 2.45) is 7.05 Å². The highest BCUT2D eigenvalue weighted by molar-refractivity contribution is 6.31. The number of rotatable bonds is 1. The normalized spacial score (nSPS) is 11.0. The van der Waals surface area contributed by atoms with Gasteiger partial charge in [-0.2, -0.15) is 0 Å². The fraction of sp³-hybridized carbons (Fsp3) is 0.0769. The Morgan fingerprint density at radius 3 is 2.89 bits per heavy atom. The third kappa shape index (κ3) is 1.62. The van der Waals surface area contributed by atoms with E-state index < -0.39 is 0 Å². The number of pyridine rings is 1. The molecule has 0 bridgehead atoms. The third-order valence-corrected chi connectivity index (χ3v) is 3.13. The van der Waals surface area contributed by atoms with Crippen molar-refractivity contribution in [2.45, 2.75) is 0 Å². The van der Waals surface area contributed by atoms with E-state index in [1.54, 1.807) is 12.3 Å². The summed E-state index contributed by atoms with van der Waals surface area (Å²) in [5, 5.41) is 0.686. The first-order chi connectivity index (χ1) is 8.66. The average molecular weight is 259 g/mol. The smallest absolute Gasteiger partial charge is 0.161 e. The summed E-state index contributed by atoms with van der Waals surface area (Å²) in [6, 6.07) is 9.21. The van der Waals surface area contributed by atoms with E-state index in [-0.39, 0.29) is 0 Å². The Balaban J connectivity index is 2.31. The van der Waals surface area contributed by atoms with Gasteiger partial charge in [-0.3, -0.25) is 4.98 Å². The van der Waals surface area contributed by atoms with Gasteiger partial charge in [0.2, 0.25) is 0 Å². The maximum Gasteiger partial charge on any atom is 0.161 e. The van der Waals surface area contributed by atoms with Gasteiger partial charge >= 0.3 is 0 Å². The molecule has 2 aromatic heterocycles. The Morgan fingerprint density at radius 2 is 2.11 bits per heavy atom. The molecule has 2 heterocycles. The molecule has 2 N–H and O–H groups in total. The van der Waals surface area contributed by atoms with Gasteiger partial charge < -0.3 is 10.3 Å². The molecular formula is C13H11ClN4. The van der Waals surface area contributed by atoms with Gasteiger partial charge in [0.05, 0.1) is 16.7 Å². The molecule has 1 aromatic carbocycles. The third-order valence-electron chi connectivity index (χ3n) is 2.89. The molecule has 3 rings (SSSR count). The fourth-order valence-corrected chi connectivity index (χ4v) is 2.15. The summed E-state index contributed by atoms with van der Waals surface area (Å²) >= 11 is 6.00. The largest absolute Gasteiger partial charge is 0.397 e. The van der Waals surface area contributed by atoms with Gasteiger partial charge in [-0.1, -0.05) is 11.6 Å². The van der Waals surface area contributed by atoms with Gasteiger partial charge in [0.25, 0.3) is 0 Å². The molecule has 0 amide bonds. The number of imidazole rings is 1. The number of aryl methyl sites for hydroxylation is 1. The molecule has 0 unspecified atom stereocenters. The highest BCUT2D eigenvalue weighted by Crippen LogP contribution is 2.27. The van der Waals surface area contributed by atoms with E-state index >= 15 is 0 Å². The molecular weight excluding hydrogens is 248 g/mol. The van der Waals surface area contributed by atoms with Crippen molar-refractivity contribution in [2.75, 3.05) is 5.73 Å². The number of nitrogens with zero attached hydrogens (tertiary/aromatic N) is 3. The molecule has 0 saturated heterocycles. The van der Waals surface area contributed by atoms with Crippen LogP contribution in [0.15, 0.2) is 36.5 Å². The summed E-state index contributed by atoms with van der Waals surface area (Å²) in [7, 11) is 1.93. The van der Waals surface area contributed by atoms with Gasteiger partial charge in [-0.05, 0) is 30.3 Å². The Kier molecular flexibility index (Phi) is 2.45. The van der Waals surface area contributed by atoms with Crippen LogP contribution in [0.3, 0.4) is 0 Å². The van der Waals surface area contributed by atoms with Crippen LogP contribution >= 0.6 is 11.6 Å². The van der Waals surface area contributed by atoms with E-state index in [1.807, 2.05) is 35.9 Å². The van der Waals surface area contributed by atoms with E-state index in [0.717, 1.165) is 16.9 Å². The number of hydrogen-bond donors (Lipinski definition) is 1. The van der Waals surface area contributed by atoms with Crippen molar-refractivity contribution in [1.82, 2.24) is 14.5 Å². The Hall–Kier alpha value is -2.07. The number of nitrogen functional groups attached to an aromatic ring is 1. The monoisotopic (exact) mass is 258 g/mol. The van der Waals surface area contributed by atoms with Gasteiger partial charge in [0.1, 0.15) is 5.69 Å². The topological polar surface area (TPSA) is 56.7 Å². The van der Waals surface area contributed by atoms with E-state index in [2.05, 4.69) is 9.97 Å². The average Bonchev–Trinajstić information content (AvgIpc) is 2.68. The minimum atomic E-state index is 0.613. The maximum atomic E-state index is 6.00. The summed E-state index contributed by atoms with van der Waals surface area (Å²) in [6.07, 6.45) is 1.71. The lowest BCUT2D eigenvalue weighted by Gasteiger charge is -2.04. The molecule has 0 radical (unpaired) electrons. The highest BCUT2D eigenvalue weighted by atomic mass is 35.5. The molecule has 3 aromatic rings. The lowest BCUT2D eigenvalue weighted by atomic mass is 10.3. The number of halogens is 1. The van der Waals surface area contributed by atoms with E-state index in [0.29, 0.717) is 16.4 Å². The second-order valence-corrected chi connectivity index (χ2v) is 4.51. The molecule has 0 aliphatic heterocycles. The molecule has 0 aliphatic carbocycles. The van der Waals surface area contributed by atoms with Crippen LogP contribution in [0.5, 0.6) is 0 Å². The SMILES string of the molecule is Cn1c(-c2ncccc2N)nc2ccc(Cl)cc21. The predicted octanol–water partition coefficient (Wildman–Crippen LogP) is 2.87. The zero-order chi connectivity index (χ0) is 12.7.